The van der Waals surface area contributed by atoms with E-state index in [0.717, 1.165) is 16.9 Å². The summed E-state index contributed by atoms with van der Waals surface area (Å²) in [6.45, 7) is 3.53. The molecule has 1 aromatic heterocycles. The molecule has 2 rings (SSSR count). The Morgan fingerprint density at radius 1 is 1.38 bits per heavy atom. The molecule has 24 heavy (non-hydrogen) atoms. The fraction of sp³-hybridized carbons (Fsp3) is 0.267. The number of rotatable bonds is 5. The van der Waals surface area contributed by atoms with Crippen LogP contribution in [0.5, 0.6) is 5.75 Å². The zero-order chi connectivity index (χ0) is 18.1. The van der Waals surface area contributed by atoms with Crippen molar-refractivity contribution in [1.29, 1.82) is 0 Å². The van der Waals surface area contributed by atoms with Crippen molar-refractivity contribution in [2.24, 2.45) is 5.14 Å². The maximum atomic E-state index is 12.5. The lowest BCUT2D eigenvalue weighted by molar-refractivity contribution is 0.0937. The third-order valence-corrected chi connectivity index (χ3v) is 6.44. The highest BCUT2D eigenvalue weighted by Gasteiger charge is 2.21. The van der Waals surface area contributed by atoms with Gasteiger partial charge in [0.05, 0.1) is 18.7 Å². The van der Waals surface area contributed by atoms with E-state index in [0.29, 0.717) is 21.2 Å². The Morgan fingerprint density at radius 3 is 2.58 bits per heavy atom. The van der Waals surface area contributed by atoms with Crippen molar-refractivity contribution in [2.75, 3.05) is 7.11 Å². The van der Waals surface area contributed by atoms with Crippen LogP contribution in [0.15, 0.2) is 28.5 Å². The molecule has 3 N–H and O–H groups in total. The van der Waals surface area contributed by atoms with Crippen LogP contribution in [0.4, 0.5) is 0 Å². The molecule has 0 aliphatic heterocycles. The molecule has 1 aromatic carbocycles. The Bertz CT molecular complexity index is 878. The molecule has 0 bridgehead atoms. The van der Waals surface area contributed by atoms with Gasteiger partial charge in [-0.05, 0) is 43.7 Å². The highest BCUT2D eigenvalue weighted by molar-refractivity contribution is 7.91. The summed E-state index contributed by atoms with van der Waals surface area (Å²) in [6.07, 6.45) is 0. The topological polar surface area (TPSA) is 98.5 Å². The fourth-order valence-corrected chi connectivity index (χ4v) is 4.39. The number of hydrogen-bond donors (Lipinski definition) is 2. The van der Waals surface area contributed by atoms with Gasteiger partial charge in [-0.2, -0.15) is 0 Å². The number of thiophene rings is 1. The number of nitrogens with one attached hydrogen (secondary N) is 1. The molecule has 0 fully saturated rings. The molecule has 1 heterocycles. The first-order valence-corrected chi connectivity index (χ1v) is 9.65. The number of amides is 1. The Kier molecular flexibility index (Phi) is 5.54. The smallest absolute Gasteiger partial charge is 0.255 e. The minimum Gasteiger partial charge on any atom is -0.496 e. The van der Waals surface area contributed by atoms with Crippen LogP contribution in [0.3, 0.4) is 0 Å². The summed E-state index contributed by atoms with van der Waals surface area (Å²) in [5.74, 6) is 0.0315. The standard InChI is InChI=1S/C15H17ClN2O4S2/c1-8-6-13(24(17,20)21)23-14(8)9(2)18-15(19)11-7-10(16)4-5-12(11)22-3/h4-7,9H,1-3H3,(H,18,19)(H2,17,20,21). The van der Waals surface area contributed by atoms with Gasteiger partial charge in [0.25, 0.3) is 5.91 Å². The minimum absolute atomic E-state index is 0.0661. The van der Waals surface area contributed by atoms with Crippen LogP contribution in [0.1, 0.15) is 33.8 Å². The normalized spacial score (nSPS) is 12.7. The van der Waals surface area contributed by atoms with Gasteiger partial charge in [0.2, 0.25) is 10.0 Å². The van der Waals surface area contributed by atoms with Crippen LogP contribution >= 0.6 is 22.9 Å². The molecule has 1 atom stereocenters. The number of benzene rings is 1. The van der Waals surface area contributed by atoms with Crippen molar-refractivity contribution < 1.29 is 17.9 Å². The monoisotopic (exact) mass is 388 g/mol. The molecule has 0 spiro atoms. The number of carbonyl (C=O) groups excluding carboxylic acids is 1. The molecular formula is C15H17ClN2O4S2. The number of methoxy groups -OCH3 is 1. The van der Waals surface area contributed by atoms with Gasteiger partial charge >= 0.3 is 0 Å². The van der Waals surface area contributed by atoms with E-state index in [1.165, 1.54) is 19.2 Å². The summed E-state index contributed by atoms with van der Waals surface area (Å²) in [4.78, 5) is 13.2. The first kappa shape index (κ1) is 18.7. The zero-order valence-electron chi connectivity index (χ0n) is 13.3. The lowest BCUT2D eigenvalue weighted by Crippen LogP contribution is -2.26. The number of sulfonamides is 1. The summed E-state index contributed by atoms with van der Waals surface area (Å²) < 4.78 is 28.1. The van der Waals surface area contributed by atoms with E-state index in [-0.39, 0.29) is 10.1 Å². The molecule has 0 saturated heterocycles. The lowest BCUT2D eigenvalue weighted by Gasteiger charge is -2.15. The average molecular weight is 389 g/mol. The van der Waals surface area contributed by atoms with Crippen LogP contribution in [0.2, 0.25) is 5.02 Å². The van der Waals surface area contributed by atoms with E-state index < -0.39 is 16.1 Å². The number of carbonyl (C=O) groups is 1. The van der Waals surface area contributed by atoms with Gasteiger partial charge in [0.15, 0.2) is 0 Å². The molecule has 9 heteroatoms. The summed E-state index contributed by atoms with van der Waals surface area (Å²) >= 11 is 6.98. The minimum atomic E-state index is -3.77. The van der Waals surface area contributed by atoms with Gasteiger partial charge in [-0.1, -0.05) is 11.6 Å². The lowest BCUT2D eigenvalue weighted by atomic mass is 10.1. The average Bonchev–Trinajstić information content (AvgIpc) is 2.89. The Labute approximate surface area is 149 Å². The maximum absolute atomic E-state index is 12.5. The molecule has 6 nitrogen and oxygen atoms in total. The highest BCUT2D eigenvalue weighted by Crippen LogP contribution is 2.31. The number of halogens is 1. The molecule has 130 valence electrons. The molecule has 2 aromatic rings. The van der Waals surface area contributed by atoms with E-state index >= 15 is 0 Å². The van der Waals surface area contributed by atoms with Crippen molar-refractivity contribution in [3.8, 4) is 5.75 Å². The van der Waals surface area contributed by atoms with Gasteiger partial charge in [-0.25, -0.2) is 13.6 Å². The van der Waals surface area contributed by atoms with E-state index in [1.807, 2.05) is 0 Å². The van der Waals surface area contributed by atoms with Crippen LogP contribution < -0.4 is 15.2 Å². The first-order chi connectivity index (χ1) is 11.1. The molecule has 0 aliphatic rings. The molecule has 0 aliphatic carbocycles. The second-order valence-electron chi connectivity index (χ2n) is 5.20. The molecule has 0 saturated carbocycles. The second kappa shape index (κ2) is 7.10. The second-order valence-corrected chi connectivity index (χ2v) is 8.51. The van der Waals surface area contributed by atoms with E-state index in [9.17, 15) is 13.2 Å². The van der Waals surface area contributed by atoms with Crippen molar-refractivity contribution >= 4 is 38.9 Å². The van der Waals surface area contributed by atoms with Crippen molar-refractivity contribution in [3.05, 3.63) is 45.3 Å². The fourth-order valence-electron chi connectivity index (χ4n) is 2.23. The Balaban J connectivity index is 2.27. The maximum Gasteiger partial charge on any atom is 0.255 e. The van der Waals surface area contributed by atoms with Gasteiger partial charge in [0.1, 0.15) is 9.96 Å². The van der Waals surface area contributed by atoms with Gasteiger partial charge < -0.3 is 10.1 Å². The summed E-state index contributed by atoms with van der Waals surface area (Å²) in [6, 6.07) is 5.85. The van der Waals surface area contributed by atoms with Crippen molar-refractivity contribution in [2.45, 2.75) is 24.1 Å². The summed E-state index contributed by atoms with van der Waals surface area (Å²) in [5.41, 5.74) is 1.05. The van der Waals surface area contributed by atoms with E-state index in [2.05, 4.69) is 5.32 Å². The van der Waals surface area contributed by atoms with E-state index in [1.54, 1.807) is 26.0 Å². The quantitative estimate of drug-likeness (QED) is 0.822. The molecule has 1 amide bonds. The predicted octanol–water partition coefficient (Wildman–Crippen LogP) is 2.86. The highest BCUT2D eigenvalue weighted by atomic mass is 35.5. The van der Waals surface area contributed by atoms with Crippen LogP contribution in [0, 0.1) is 6.92 Å². The Hall–Kier alpha value is -1.61. The number of nitrogens with two attached hydrogens (primary N) is 1. The van der Waals surface area contributed by atoms with Crippen LogP contribution in [-0.2, 0) is 10.0 Å². The zero-order valence-corrected chi connectivity index (χ0v) is 15.7. The number of primary sulfonamides is 1. The first-order valence-electron chi connectivity index (χ1n) is 6.91. The predicted molar refractivity (Wildman–Crippen MR) is 94.3 cm³/mol. The number of ether oxygens (including phenoxy) is 1. The van der Waals surface area contributed by atoms with Gasteiger partial charge in [0, 0.05) is 9.90 Å². The number of aryl methyl sites for hydroxylation is 1. The molecule has 0 radical (unpaired) electrons. The largest absolute Gasteiger partial charge is 0.496 e. The summed E-state index contributed by atoms with van der Waals surface area (Å²) in [7, 11) is -2.30. The van der Waals surface area contributed by atoms with E-state index in [4.69, 9.17) is 21.5 Å². The molecule has 1 unspecified atom stereocenters. The Morgan fingerprint density at radius 2 is 2.04 bits per heavy atom. The SMILES string of the molecule is COc1ccc(Cl)cc1C(=O)NC(C)c1sc(S(N)(=O)=O)cc1C. The molecular weight excluding hydrogens is 372 g/mol. The summed E-state index contributed by atoms with van der Waals surface area (Å²) in [5, 5.41) is 8.38. The van der Waals surface area contributed by atoms with Crippen molar-refractivity contribution in [3.63, 3.8) is 0 Å². The van der Waals surface area contributed by atoms with Gasteiger partial charge in [-0.15, -0.1) is 11.3 Å². The third kappa shape index (κ3) is 4.07. The van der Waals surface area contributed by atoms with Gasteiger partial charge in [-0.3, -0.25) is 4.79 Å². The van der Waals surface area contributed by atoms with Crippen molar-refractivity contribution in [1.82, 2.24) is 5.32 Å². The van der Waals surface area contributed by atoms with Crippen LogP contribution in [0.25, 0.3) is 0 Å². The third-order valence-electron chi connectivity index (χ3n) is 3.36. The number of hydrogen-bond acceptors (Lipinski definition) is 5. The van der Waals surface area contributed by atoms with Crippen LogP contribution in [-0.4, -0.2) is 21.4 Å².